The summed E-state index contributed by atoms with van der Waals surface area (Å²) in [7, 11) is 0. The van der Waals surface area contributed by atoms with E-state index in [1.165, 1.54) is 19.3 Å². The minimum absolute atomic E-state index is 0.123. The van der Waals surface area contributed by atoms with Gasteiger partial charge in [0.15, 0.2) is 0 Å². The van der Waals surface area contributed by atoms with Gasteiger partial charge in [-0.15, -0.1) is 0 Å². The third-order valence-electron chi connectivity index (χ3n) is 8.02. The van der Waals surface area contributed by atoms with E-state index in [2.05, 4.69) is 16.0 Å². The normalized spacial score (nSPS) is 31.1. The molecule has 6 nitrogen and oxygen atoms in total. The number of benzene rings is 1. The first-order valence-electron chi connectivity index (χ1n) is 12.4. The molecule has 5 fully saturated rings. The maximum absolute atomic E-state index is 13.1. The summed E-state index contributed by atoms with van der Waals surface area (Å²) in [4.78, 5) is 38.4. The van der Waals surface area contributed by atoms with Gasteiger partial charge in [0.2, 0.25) is 17.7 Å². The van der Waals surface area contributed by atoms with E-state index in [4.69, 9.17) is 0 Å². The predicted octanol–water partition coefficient (Wildman–Crippen LogP) is 2.72. The van der Waals surface area contributed by atoms with Crippen LogP contribution in [0, 0.1) is 23.2 Å². The highest BCUT2D eigenvalue weighted by Crippen LogP contribution is 2.60. The van der Waals surface area contributed by atoms with Crippen LogP contribution in [0.5, 0.6) is 0 Å². The molecule has 1 unspecified atom stereocenters. The third kappa shape index (κ3) is 4.84. The SMILES string of the molecule is O=C(CCNC(=O)C12CC3CC(CC(C3)C1)C2)NC(Cc1ccccc1)C(=O)NC1CC1. The van der Waals surface area contributed by atoms with Crippen molar-refractivity contribution in [3.63, 3.8) is 0 Å². The standard InChI is InChI=1S/C26H35N3O3/c30-23(29-22(24(31)28-21-6-7-21)13-17-4-2-1-3-5-17)8-9-27-25(32)26-14-18-10-19(15-26)12-20(11-18)16-26/h1-5,18-22H,6-16H2,(H,27,32)(H,28,31)(H,29,30). The summed E-state index contributed by atoms with van der Waals surface area (Å²) in [6.45, 7) is 0.328. The molecule has 5 aliphatic rings. The van der Waals surface area contributed by atoms with Gasteiger partial charge >= 0.3 is 0 Å². The molecule has 1 aromatic rings. The van der Waals surface area contributed by atoms with E-state index in [9.17, 15) is 14.4 Å². The van der Waals surface area contributed by atoms with Crippen molar-refractivity contribution in [3.05, 3.63) is 35.9 Å². The Hall–Kier alpha value is -2.37. The molecule has 3 N–H and O–H groups in total. The Balaban J connectivity index is 1.12. The van der Waals surface area contributed by atoms with Crippen LogP contribution in [-0.4, -0.2) is 36.3 Å². The van der Waals surface area contributed by atoms with Gasteiger partial charge in [0.1, 0.15) is 6.04 Å². The van der Waals surface area contributed by atoms with E-state index in [0.29, 0.717) is 13.0 Å². The van der Waals surface area contributed by atoms with Gasteiger partial charge in [-0.25, -0.2) is 0 Å². The van der Waals surface area contributed by atoms with Crippen molar-refractivity contribution in [2.45, 2.75) is 76.3 Å². The second-order valence-electron chi connectivity index (χ2n) is 10.8. The molecule has 5 saturated carbocycles. The molecule has 0 saturated heterocycles. The second kappa shape index (κ2) is 8.87. The quantitative estimate of drug-likeness (QED) is 0.555. The van der Waals surface area contributed by atoms with Crippen LogP contribution in [0.2, 0.25) is 0 Å². The number of hydrogen-bond donors (Lipinski definition) is 3. The molecule has 6 rings (SSSR count). The number of carbonyl (C=O) groups is 3. The Kier molecular flexibility index (Phi) is 5.95. The molecule has 0 heterocycles. The zero-order valence-electron chi connectivity index (χ0n) is 18.8. The first-order valence-corrected chi connectivity index (χ1v) is 12.4. The zero-order valence-corrected chi connectivity index (χ0v) is 18.8. The van der Waals surface area contributed by atoms with Crippen LogP contribution >= 0.6 is 0 Å². The van der Waals surface area contributed by atoms with Crippen molar-refractivity contribution in [2.24, 2.45) is 23.2 Å². The monoisotopic (exact) mass is 437 g/mol. The minimum atomic E-state index is -0.593. The highest BCUT2D eigenvalue weighted by atomic mass is 16.2. The van der Waals surface area contributed by atoms with Gasteiger partial charge in [0.05, 0.1) is 0 Å². The van der Waals surface area contributed by atoms with Crippen LogP contribution in [0.15, 0.2) is 30.3 Å². The summed E-state index contributed by atoms with van der Waals surface area (Å²) in [5.41, 5.74) is 0.824. The summed E-state index contributed by atoms with van der Waals surface area (Å²) < 4.78 is 0. The lowest BCUT2D eigenvalue weighted by Crippen LogP contribution is -2.54. The fourth-order valence-electron chi connectivity index (χ4n) is 6.72. The molecular formula is C26H35N3O3. The van der Waals surface area contributed by atoms with Gasteiger partial charge < -0.3 is 16.0 Å². The summed E-state index contributed by atoms with van der Waals surface area (Å²) in [6, 6.07) is 9.40. The average Bonchev–Trinajstić information content (AvgIpc) is 3.57. The highest BCUT2D eigenvalue weighted by Gasteiger charge is 2.54. The smallest absolute Gasteiger partial charge is 0.243 e. The summed E-state index contributed by atoms with van der Waals surface area (Å²) >= 11 is 0. The van der Waals surface area contributed by atoms with E-state index in [1.807, 2.05) is 30.3 Å². The Labute approximate surface area is 190 Å². The van der Waals surface area contributed by atoms with Crippen molar-refractivity contribution >= 4 is 17.7 Å². The molecular weight excluding hydrogens is 402 g/mol. The lowest BCUT2D eigenvalue weighted by Gasteiger charge is -2.55. The Morgan fingerprint density at radius 1 is 0.938 bits per heavy atom. The number of carbonyl (C=O) groups excluding carboxylic acids is 3. The van der Waals surface area contributed by atoms with Crippen molar-refractivity contribution in [1.82, 2.24) is 16.0 Å². The summed E-state index contributed by atoms with van der Waals surface area (Å²) in [6.07, 6.45) is 9.67. The van der Waals surface area contributed by atoms with Gasteiger partial charge in [-0.2, -0.15) is 0 Å². The number of nitrogens with one attached hydrogen (secondary N) is 3. The maximum atomic E-state index is 13.1. The van der Waals surface area contributed by atoms with Crippen LogP contribution < -0.4 is 16.0 Å². The fraction of sp³-hybridized carbons (Fsp3) is 0.654. The first kappa shape index (κ1) is 21.5. The fourth-order valence-corrected chi connectivity index (χ4v) is 6.72. The molecule has 1 atom stereocenters. The molecule has 0 spiro atoms. The van der Waals surface area contributed by atoms with Crippen LogP contribution in [-0.2, 0) is 20.8 Å². The maximum Gasteiger partial charge on any atom is 0.243 e. The van der Waals surface area contributed by atoms with Crippen LogP contribution in [0.1, 0.15) is 63.4 Å². The highest BCUT2D eigenvalue weighted by molar-refractivity contribution is 5.88. The summed E-state index contributed by atoms with van der Waals surface area (Å²) in [5.74, 6) is 2.00. The van der Waals surface area contributed by atoms with Gasteiger partial charge in [-0.1, -0.05) is 30.3 Å². The van der Waals surface area contributed by atoms with Crippen LogP contribution in [0.3, 0.4) is 0 Å². The van der Waals surface area contributed by atoms with Gasteiger partial charge in [-0.05, 0) is 74.7 Å². The van der Waals surface area contributed by atoms with Crippen LogP contribution in [0.25, 0.3) is 0 Å². The molecule has 0 radical (unpaired) electrons. The Morgan fingerprint density at radius 2 is 1.56 bits per heavy atom. The van der Waals surface area contributed by atoms with Crippen molar-refractivity contribution in [1.29, 1.82) is 0 Å². The Bertz CT molecular complexity index is 829. The molecule has 4 bridgehead atoms. The van der Waals surface area contributed by atoms with Gasteiger partial charge in [0, 0.05) is 30.8 Å². The third-order valence-corrected chi connectivity index (χ3v) is 8.02. The zero-order chi connectivity index (χ0) is 22.1. The molecule has 6 heteroatoms. The Morgan fingerprint density at radius 3 is 2.16 bits per heavy atom. The lowest BCUT2D eigenvalue weighted by molar-refractivity contribution is -0.146. The van der Waals surface area contributed by atoms with E-state index >= 15 is 0 Å². The number of rotatable bonds is 9. The van der Waals surface area contributed by atoms with Crippen molar-refractivity contribution < 1.29 is 14.4 Å². The summed E-state index contributed by atoms with van der Waals surface area (Å²) in [5, 5.41) is 8.97. The van der Waals surface area contributed by atoms with Gasteiger partial charge in [-0.3, -0.25) is 14.4 Å². The molecule has 3 amide bonds. The predicted molar refractivity (Wildman–Crippen MR) is 121 cm³/mol. The molecule has 1 aromatic carbocycles. The topological polar surface area (TPSA) is 87.3 Å². The van der Waals surface area contributed by atoms with E-state index < -0.39 is 6.04 Å². The molecule has 172 valence electrons. The molecule has 5 aliphatic carbocycles. The van der Waals surface area contributed by atoms with Crippen molar-refractivity contribution in [2.75, 3.05) is 6.54 Å². The number of hydrogen-bond acceptors (Lipinski definition) is 3. The van der Waals surface area contributed by atoms with Crippen LogP contribution in [0.4, 0.5) is 0 Å². The van der Waals surface area contributed by atoms with E-state index in [1.54, 1.807) is 0 Å². The minimum Gasteiger partial charge on any atom is -0.355 e. The first-order chi connectivity index (χ1) is 15.5. The molecule has 32 heavy (non-hydrogen) atoms. The van der Waals surface area contributed by atoms with Crippen molar-refractivity contribution in [3.8, 4) is 0 Å². The molecule has 0 aromatic heterocycles. The number of amides is 3. The molecule has 0 aliphatic heterocycles. The van der Waals surface area contributed by atoms with Gasteiger partial charge in [0.25, 0.3) is 0 Å². The largest absolute Gasteiger partial charge is 0.355 e. The second-order valence-corrected chi connectivity index (χ2v) is 10.8. The van der Waals surface area contributed by atoms with E-state index in [-0.39, 0.29) is 35.6 Å². The average molecular weight is 438 g/mol. The van der Waals surface area contributed by atoms with E-state index in [0.717, 1.165) is 55.4 Å². The lowest BCUT2D eigenvalue weighted by atomic mass is 9.49.